The van der Waals surface area contributed by atoms with E-state index in [2.05, 4.69) is 17.9 Å². The van der Waals surface area contributed by atoms with Gasteiger partial charge < -0.3 is 14.2 Å². The molecule has 2 rings (SSSR count). The largest absolute Gasteiger partial charge is 0.491 e. The second-order valence-corrected chi connectivity index (χ2v) is 5.44. The van der Waals surface area contributed by atoms with E-state index in [9.17, 15) is 4.79 Å². The number of esters is 1. The Kier molecular flexibility index (Phi) is 5.92. The molecule has 0 atom stereocenters. The van der Waals surface area contributed by atoms with Gasteiger partial charge in [0.2, 0.25) is 5.88 Å². The zero-order valence-corrected chi connectivity index (χ0v) is 14.2. The van der Waals surface area contributed by atoms with Crippen LogP contribution < -0.4 is 9.47 Å². The van der Waals surface area contributed by atoms with Crippen molar-refractivity contribution in [3.63, 3.8) is 0 Å². The van der Waals surface area contributed by atoms with Crippen molar-refractivity contribution in [3.05, 3.63) is 41.6 Å². The Morgan fingerprint density at radius 1 is 1.35 bits per heavy atom. The van der Waals surface area contributed by atoms with Gasteiger partial charge in [0, 0.05) is 17.8 Å². The first-order valence-electron chi connectivity index (χ1n) is 7.34. The number of thiol groups is 1. The van der Waals surface area contributed by atoms with Crippen LogP contribution >= 0.6 is 12.8 Å². The van der Waals surface area contributed by atoms with E-state index in [1.54, 1.807) is 37.4 Å². The summed E-state index contributed by atoms with van der Waals surface area (Å²) in [6.45, 7) is 6.05. The standard InChI is InChI=1S/C16H20N2O4S/c1-4-20-16(19)12-6-5-7-14(22-11(2)3)13(12)10-21-15-8-9-18(23)17-15/h5-9,11,23H,4,10H2,1-3H3. The van der Waals surface area contributed by atoms with E-state index in [-0.39, 0.29) is 12.7 Å². The summed E-state index contributed by atoms with van der Waals surface area (Å²) in [4.78, 5) is 12.2. The van der Waals surface area contributed by atoms with Gasteiger partial charge in [0.25, 0.3) is 0 Å². The van der Waals surface area contributed by atoms with E-state index in [0.29, 0.717) is 29.4 Å². The molecule has 0 aliphatic rings. The van der Waals surface area contributed by atoms with E-state index >= 15 is 0 Å². The molecule has 0 aliphatic carbocycles. The van der Waals surface area contributed by atoms with Crippen LogP contribution in [0.1, 0.15) is 36.7 Å². The van der Waals surface area contributed by atoms with E-state index in [1.165, 1.54) is 4.09 Å². The average Bonchev–Trinajstić information content (AvgIpc) is 2.91. The maximum absolute atomic E-state index is 12.2. The fraction of sp³-hybridized carbons (Fsp3) is 0.375. The number of benzene rings is 1. The zero-order valence-electron chi connectivity index (χ0n) is 13.4. The van der Waals surface area contributed by atoms with Gasteiger partial charge in [0.15, 0.2) is 0 Å². The molecule has 0 spiro atoms. The maximum Gasteiger partial charge on any atom is 0.338 e. The van der Waals surface area contributed by atoms with Gasteiger partial charge in [-0.15, -0.1) is 5.10 Å². The van der Waals surface area contributed by atoms with Crippen LogP contribution in [0.2, 0.25) is 0 Å². The normalized spacial score (nSPS) is 10.7. The highest BCUT2D eigenvalue weighted by molar-refractivity contribution is 7.78. The second kappa shape index (κ2) is 7.92. The summed E-state index contributed by atoms with van der Waals surface area (Å²) in [7, 11) is 0. The molecule has 0 radical (unpaired) electrons. The highest BCUT2D eigenvalue weighted by Crippen LogP contribution is 2.26. The van der Waals surface area contributed by atoms with E-state index in [4.69, 9.17) is 14.2 Å². The number of carbonyl (C=O) groups is 1. The molecule has 1 heterocycles. The number of nitrogens with zero attached hydrogens (tertiary/aromatic N) is 2. The SMILES string of the molecule is CCOC(=O)c1cccc(OC(C)C)c1COc1ccn(S)n1. The molecule has 7 heteroatoms. The second-order valence-electron chi connectivity index (χ2n) is 5.03. The molecule has 6 nitrogen and oxygen atoms in total. The molecular weight excluding hydrogens is 316 g/mol. The molecule has 0 aliphatic heterocycles. The lowest BCUT2D eigenvalue weighted by molar-refractivity contribution is 0.0522. The molecule has 0 saturated heterocycles. The van der Waals surface area contributed by atoms with Crippen molar-refractivity contribution in [2.75, 3.05) is 6.61 Å². The smallest absolute Gasteiger partial charge is 0.338 e. The fourth-order valence-electron chi connectivity index (χ4n) is 2.00. The summed E-state index contributed by atoms with van der Waals surface area (Å²) in [6.07, 6.45) is 1.63. The Morgan fingerprint density at radius 3 is 2.74 bits per heavy atom. The Hall–Kier alpha value is -2.15. The van der Waals surface area contributed by atoms with Crippen molar-refractivity contribution in [2.45, 2.75) is 33.5 Å². The molecule has 0 amide bonds. The zero-order chi connectivity index (χ0) is 16.8. The monoisotopic (exact) mass is 336 g/mol. The number of rotatable bonds is 7. The highest BCUT2D eigenvalue weighted by atomic mass is 32.1. The van der Waals surface area contributed by atoms with Gasteiger partial charge in [0.05, 0.1) is 18.3 Å². The number of ether oxygens (including phenoxy) is 3. The third-order valence-electron chi connectivity index (χ3n) is 2.91. The fourth-order valence-corrected chi connectivity index (χ4v) is 2.15. The Morgan fingerprint density at radius 2 is 2.13 bits per heavy atom. The Balaban J connectivity index is 2.29. The van der Waals surface area contributed by atoms with Crippen LogP contribution in [-0.4, -0.2) is 27.9 Å². The predicted molar refractivity (Wildman–Crippen MR) is 89.1 cm³/mol. The topological polar surface area (TPSA) is 62.6 Å². The number of aromatic nitrogens is 2. The molecule has 1 aromatic heterocycles. The van der Waals surface area contributed by atoms with Gasteiger partial charge in [-0.3, -0.25) is 0 Å². The van der Waals surface area contributed by atoms with Crippen molar-refractivity contribution in [1.82, 2.24) is 9.19 Å². The molecule has 124 valence electrons. The lowest BCUT2D eigenvalue weighted by Crippen LogP contribution is -2.14. The van der Waals surface area contributed by atoms with Gasteiger partial charge in [-0.25, -0.2) is 8.88 Å². The lowest BCUT2D eigenvalue weighted by Gasteiger charge is -2.17. The van der Waals surface area contributed by atoms with E-state index < -0.39 is 5.97 Å². The van der Waals surface area contributed by atoms with Crippen molar-refractivity contribution in [3.8, 4) is 11.6 Å². The van der Waals surface area contributed by atoms with Gasteiger partial charge in [0.1, 0.15) is 12.4 Å². The first-order chi connectivity index (χ1) is 11.0. The molecule has 2 aromatic rings. The van der Waals surface area contributed by atoms with Crippen molar-refractivity contribution in [2.24, 2.45) is 0 Å². The minimum atomic E-state index is -0.403. The highest BCUT2D eigenvalue weighted by Gasteiger charge is 2.18. The summed E-state index contributed by atoms with van der Waals surface area (Å²) in [5.74, 6) is 0.602. The summed E-state index contributed by atoms with van der Waals surface area (Å²) in [5, 5.41) is 4.03. The summed E-state index contributed by atoms with van der Waals surface area (Å²) < 4.78 is 17.9. The molecule has 0 bridgehead atoms. The quantitative estimate of drug-likeness (QED) is 0.622. The molecule has 23 heavy (non-hydrogen) atoms. The minimum absolute atomic E-state index is 0.0251. The van der Waals surface area contributed by atoms with Crippen molar-refractivity contribution >= 4 is 18.8 Å². The van der Waals surface area contributed by atoms with Crippen molar-refractivity contribution in [1.29, 1.82) is 0 Å². The van der Waals surface area contributed by atoms with Crippen LogP contribution in [0.5, 0.6) is 11.6 Å². The van der Waals surface area contributed by atoms with E-state index in [1.807, 2.05) is 13.8 Å². The first-order valence-corrected chi connectivity index (χ1v) is 7.74. The maximum atomic E-state index is 12.2. The summed E-state index contributed by atoms with van der Waals surface area (Å²) >= 11 is 4.06. The van der Waals surface area contributed by atoms with Crippen LogP contribution in [-0.2, 0) is 11.3 Å². The van der Waals surface area contributed by atoms with Crippen LogP contribution in [0, 0.1) is 0 Å². The summed E-state index contributed by atoms with van der Waals surface area (Å²) in [5.41, 5.74) is 1.06. The molecule has 0 fully saturated rings. The van der Waals surface area contributed by atoms with Crippen LogP contribution in [0.4, 0.5) is 0 Å². The Labute approximate surface area is 140 Å². The van der Waals surface area contributed by atoms with Gasteiger partial charge in [-0.05, 0) is 45.7 Å². The molecule has 0 N–H and O–H groups in total. The molecule has 1 aromatic carbocycles. The van der Waals surface area contributed by atoms with Gasteiger partial charge >= 0.3 is 5.97 Å². The summed E-state index contributed by atoms with van der Waals surface area (Å²) in [6, 6.07) is 6.94. The molecular formula is C16H20N2O4S. The Bertz CT molecular complexity index is 670. The molecule has 0 saturated carbocycles. The predicted octanol–water partition coefficient (Wildman–Crippen LogP) is 3.12. The van der Waals surface area contributed by atoms with Crippen molar-refractivity contribution < 1.29 is 19.0 Å². The van der Waals surface area contributed by atoms with E-state index in [0.717, 1.165) is 0 Å². The lowest BCUT2D eigenvalue weighted by atomic mass is 10.1. The van der Waals surface area contributed by atoms with Crippen LogP contribution in [0.3, 0.4) is 0 Å². The minimum Gasteiger partial charge on any atom is -0.491 e. The third kappa shape index (κ3) is 4.66. The number of hydrogen-bond donors (Lipinski definition) is 1. The van der Waals surface area contributed by atoms with Gasteiger partial charge in [-0.1, -0.05) is 6.07 Å². The number of hydrogen-bond acceptors (Lipinski definition) is 6. The number of carbonyl (C=O) groups excluding carboxylic acids is 1. The third-order valence-corrected chi connectivity index (χ3v) is 3.13. The first kappa shape index (κ1) is 17.2. The molecule has 0 unspecified atom stereocenters. The van der Waals surface area contributed by atoms with Crippen LogP contribution in [0.25, 0.3) is 0 Å². The van der Waals surface area contributed by atoms with Gasteiger partial charge in [-0.2, -0.15) is 0 Å². The average molecular weight is 336 g/mol. The van der Waals surface area contributed by atoms with Crippen LogP contribution in [0.15, 0.2) is 30.5 Å².